The predicted octanol–water partition coefficient (Wildman–Crippen LogP) is 2.38. The first kappa shape index (κ1) is 21.4. The molecule has 0 fully saturated rings. The Hall–Kier alpha value is -2.28. The van der Waals surface area contributed by atoms with E-state index >= 15 is 4.39 Å². The van der Waals surface area contributed by atoms with Gasteiger partial charge in [-0.15, -0.1) is 0 Å². The van der Waals surface area contributed by atoms with E-state index in [1.165, 1.54) is 12.4 Å². The van der Waals surface area contributed by atoms with E-state index in [-0.39, 0.29) is 23.4 Å². The second-order valence-corrected chi connectivity index (χ2v) is 7.74. The van der Waals surface area contributed by atoms with Crippen LogP contribution in [0.4, 0.5) is 15.8 Å². The Morgan fingerprint density at radius 2 is 2.17 bits per heavy atom. The highest BCUT2D eigenvalue weighted by Crippen LogP contribution is 2.32. The first-order valence-corrected chi connectivity index (χ1v) is 9.77. The fraction of sp³-hybridized carbons (Fsp3) is 0.263. The number of hydroxylamine groups is 1. The van der Waals surface area contributed by atoms with E-state index in [1.807, 2.05) is 19.1 Å². The van der Waals surface area contributed by atoms with Gasteiger partial charge in [0.2, 0.25) is 0 Å². The number of amides is 1. The summed E-state index contributed by atoms with van der Waals surface area (Å²) >= 11 is 2.18. The third-order valence-electron chi connectivity index (χ3n) is 4.30. The fourth-order valence-corrected chi connectivity index (χ4v) is 3.39. The maximum Gasteiger partial charge on any atom is 0.277 e. The van der Waals surface area contributed by atoms with Gasteiger partial charge >= 0.3 is 0 Å². The van der Waals surface area contributed by atoms with E-state index in [0.717, 1.165) is 9.13 Å². The summed E-state index contributed by atoms with van der Waals surface area (Å²) in [6.45, 7) is 1.06. The van der Waals surface area contributed by atoms with Crippen molar-refractivity contribution in [2.45, 2.75) is 13.0 Å². The van der Waals surface area contributed by atoms with Crippen molar-refractivity contribution in [2.75, 3.05) is 18.5 Å². The highest BCUT2D eigenvalue weighted by atomic mass is 127. The van der Waals surface area contributed by atoms with Gasteiger partial charge in [-0.1, -0.05) is 0 Å². The number of rotatable bonds is 7. The average molecular weight is 514 g/mol. The lowest BCUT2D eigenvalue weighted by Gasteiger charge is -2.16. The maximum absolute atomic E-state index is 15.3. The molecule has 0 aliphatic carbocycles. The Morgan fingerprint density at radius 1 is 1.41 bits per heavy atom. The van der Waals surface area contributed by atoms with Gasteiger partial charge < -0.3 is 20.1 Å². The molecule has 1 heterocycles. The number of aromatic nitrogens is 2. The van der Waals surface area contributed by atoms with Crippen LogP contribution >= 0.6 is 22.6 Å². The smallest absolute Gasteiger partial charge is 0.277 e. The van der Waals surface area contributed by atoms with Crippen LogP contribution < -0.4 is 10.8 Å². The summed E-state index contributed by atoms with van der Waals surface area (Å²) in [4.78, 5) is 21.7. The van der Waals surface area contributed by atoms with E-state index in [0.29, 0.717) is 11.2 Å². The highest BCUT2D eigenvalue weighted by Gasteiger charge is 2.22. The number of hydrogen-bond donors (Lipinski definition) is 4. The number of carbonyl (C=O) groups excluding carboxylic acids is 1. The molecule has 1 aromatic heterocycles. The van der Waals surface area contributed by atoms with Gasteiger partial charge in [0, 0.05) is 16.3 Å². The van der Waals surface area contributed by atoms with Gasteiger partial charge in [0.25, 0.3) is 5.91 Å². The number of hydrogen-bond acceptors (Lipinski definition) is 6. The van der Waals surface area contributed by atoms with Crippen LogP contribution in [0.3, 0.4) is 0 Å². The number of anilines is 2. The lowest BCUT2D eigenvalue weighted by atomic mass is 10.1. The van der Waals surface area contributed by atoms with Crippen molar-refractivity contribution in [1.29, 1.82) is 0 Å². The monoisotopic (exact) mass is 514 g/mol. The average Bonchev–Trinajstić information content (AvgIpc) is 3.06. The maximum atomic E-state index is 15.3. The van der Waals surface area contributed by atoms with Crippen molar-refractivity contribution in [3.63, 3.8) is 0 Å². The fourth-order valence-electron chi connectivity index (χ4n) is 2.74. The summed E-state index contributed by atoms with van der Waals surface area (Å²) in [7, 11) is 1.70. The van der Waals surface area contributed by atoms with Gasteiger partial charge in [0.15, 0.2) is 5.82 Å². The third-order valence-corrected chi connectivity index (χ3v) is 4.98. The van der Waals surface area contributed by atoms with Gasteiger partial charge in [-0.2, -0.15) is 0 Å². The zero-order valence-corrected chi connectivity index (χ0v) is 17.9. The van der Waals surface area contributed by atoms with Crippen LogP contribution in [0, 0.1) is 16.3 Å². The molecule has 0 aliphatic rings. The van der Waals surface area contributed by atoms with Gasteiger partial charge in [0.1, 0.15) is 18.2 Å². The Kier molecular flexibility index (Phi) is 6.67. The topological polar surface area (TPSA) is 109 Å². The molecule has 0 spiro atoms. The summed E-state index contributed by atoms with van der Waals surface area (Å²) < 4.78 is 17.9. The molecule has 3 rings (SSSR count). The Labute approximate surface area is 179 Å². The minimum Gasteiger partial charge on any atom is -0.394 e. The number of nitrogens with one attached hydrogen (secondary N) is 2. The zero-order chi connectivity index (χ0) is 21.1. The number of aliphatic hydroxyl groups is 2. The van der Waals surface area contributed by atoms with Crippen LogP contribution in [0.2, 0.25) is 0 Å². The number of aliphatic hydroxyl groups excluding tert-OH is 2. The first-order chi connectivity index (χ1) is 13.8. The molecule has 0 bridgehead atoms. The van der Waals surface area contributed by atoms with Gasteiger partial charge in [0.05, 0.1) is 29.7 Å². The standard InChI is InChI=1S/C19H20FIN4O4/c1-10-5-11(21)3-4-14(10)23-17-13(19(28)24-29-8-12(27)7-26)6-15-18(16(17)20)22-9-25(15)2/h3-6,9,12,23,26-27H,7-8H2,1-2H3,(H,24,28)/t12-/m0/s1. The number of nitrogens with zero attached hydrogens (tertiary/aromatic N) is 2. The molecule has 0 radical (unpaired) electrons. The van der Waals surface area contributed by atoms with Gasteiger partial charge in [-0.25, -0.2) is 14.9 Å². The van der Waals surface area contributed by atoms with E-state index in [4.69, 9.17) is 9.94 Å². The molecule has 1 amide bonds. The molecule has 3 aromatic rings. The van der Waals surface area contributed by atoms with E-state index in [1.54, 1.807) is 17.7 Å². The molecule has 0 unspecified atom stereocenters. The quantitative estimate of drug-likeness (QED) is 0.285. The van der Waals surface area contributed by atoms with Crippen molar-refractivity contribution in [2.24, 2.45) is 7.05 Å². The number of benzene rings is 2. The van der Waals surface area contributed by atoms with Crippen molar-refractivity contribution < 1.29 is 24.2 Å². The number of imidazole rings is 1. The summed E-state index contributed by atoms with van der Waals surface area (Å²) in [6.07, 6.45) is 0.322. The molecular weight excluding hydrogens is 494 g/mol. The molecule has 10 heteroatoms. The van der Waals surface area contributed by atoms with E-state index in [9.17, 15) is 9.90 Å². The number of fused-ring (bicyclic) bond motifs is 1. The third kappa shape index (κ3) is 4.66. The van der Waals surface area contributed by atoms with Crippen molar-refractivity contribution in [3.05, 3.63) is 51.1 Å². The minimum atomic E-state index is -1.14. The molecule has 0 aliphatic heterocycles. The molecule has 4 N–H and O–H groups in total. The van der Waals surface area contributed by atoms with Gasteiger partial charge in [-0.3, -0.25) is 9.63 Å². The first-order valence-electron chi connectivity index (χ1n) is 8.69. The van der Waals surface area contributed by atoms with Crippen LogP contribution in [-0.2, 0) is 11.9 Å². The highest BCUT2D eigenvalue weighted by molar-refractivity contribution is 14.1. The minimum absolute atomic E-state index is 0.00929. The van der Waals surface area contributed by atoms with Crippen molar-refractivity contribution in [3.8, 4) is 0 Å². The predicted molar refractivity (Wildman–Crippen MR) is 114 cm³/mol. The normalized spacial score (nSPS) is 12.2. The van der Waals surface area contributed by atoms with Crippen LogP contribution in [0.1, 0.15) is 15.9 Å². The molecule has 2 aromatic carbocycles. The molecule has 8 nitrogen and oxygen atoms in total. The van der Waals surface area contributed by atoms with E-state index < -0.39 is 24.4 Å². The van der Waals surface area contributed by atoms with Crippen molar-refractivity contribution in [1.82, 2.24) is 15.0 Å². The molecule has 0 saturated carbocycles. The lowest BCUT2D eigenvalue weighted by Crippen LogP contribution is -2.30. The zero-order valence-electron chi connectivity index (χ0n) is 15.7. The van der Waals surface area contributed by atoms with Crippen LogP contribution in [-0.4, -0.2) is 45.0 Å². The second kappa shape index (κ2) is 9.03. The number of carbonyl (C=O) groups is 1. The molecule has 154 valence electrons. The molecule has 29 heavy (non-hydrogen) atoms. The Morgan fingerprint density at radius 3 is 2.86 bits per heavy atom. The Balaban J connectivity index is 2.00. The lowest BCUT2D eigenvalue weighted by molar-refractivity contribution is -0.0295. The van der Waals surface area contributed by atoms with Crippen LogP contribution in [0.15, 0.2) is 30.6 Å². The van der Waals surface area contributed by atoms with Gasteiger partial charge in [-0.05, 0) is 59.3 Å². The van der Waals surface area contributed by atoms with Crippen molar-refractivity contribution >= 4 is 50.9 Å². The largest absolute Gasteiger partial charge is 0.394 e. The summed E-state index contributed by atoms with van der Waals surface area (Å²) in [6, 6.07) is 7.11. The summed E-state index contributed by atoms with van der Waals surface area (Å²) in [5.41, 5.74) is 4.23. The van der Waals surface area contributed by atoms with Crippen LogP contribution in [0.25, 0.3) is 11.0 Å². The number of aryl methyl sites for hydroxylation is 2. The molecule has 1 atom stereocenters. The Bertz CT molecular complexity index is 1060. The van der Waals surface area contributed by atoms with Crippen LogP contribution in [0.5, 0.6) is 0 Å². The summed E-state index contributed by atoms with van der Waals surface area (Å²) in [5.74, 6) is -1.37. The SMILES string of the molecule is Cc1cc(I)ccc1Nc1c(C(=O)NOC[C@@H](O)CO)cc2c(ncn2C)c1F. The second-order valence-electron chi connectivity index (χ2n) is 6.50. The molecule has 0 saturated heterocycles. The summed E-state index contributed by atoms with van der Waals surface area (Å²) in [5, 5.41) is 21.1. The molecular formula is C19H20FIN4O4. The van der Waals surface area contributed by atoms with E-state index in [2.05, 4.69) is 38.4 Å². The number of halogens is 2.